The summed E-state index contributed by atoms with van der Waals surface area (Å²) in [6, 6.07) is 5.29. The first-order valence-corrected chi connectivity index (χ1v) is 12.3. The van der Waals surface area contributed by atoms with Crippen LogP contribution in [-0.2, 0) is 14.4 Å². The lowest BCUT2D eigenvalue weighted by Crippen LogP contribution is -2.55. The minimum Gasteiger partial charge on any atom is -0.396 e. The Labute approximate surface area is 193 Å². The van der Waals surface area contributed by atoms with E-state index in [0.717, 1.165) is 23.2 Å². The van der Waals surface area contributed by atoms with Crippen LogP contribution in [0.5, 0.6) is 0 Å². The molecule has 7 nitrogen and oxygen atoms in total. The van der Waals surface area contributed by atoms with E-state index in [0.29, 0.717) is 19.4 Å². The third kappa shape index (κ3) is 3.43. The van der Waals surface area contributed by atoms with Crippen LogP contribution in [0.3, 0.4) is 0 Å². The molecule has 4 rings (SSSR count). The highest BCUT2D eigenvalue weighted by Gasteiger charge is 2.75. The Morgan fingerprint density at radius 2 is 2.00 bits per heavy atom. The quantitative estimate of drug-likeness (QED) is 0.543. The molecule has 0 aromatic heterocycles. The van der Waals surface area contributed by atoms with E-state index in [9.17, 15) is 19.5 Å². The first kappa shape index (κ1) is 23.1. The summed E-state index contributed by atoms with van der Waals surface area (Å²) in [5.41, 5.74) is 2.77. The molecule has 0 saturated carbocycles. The number of carbonyl (C=O) groups excluding carboxylic acids is 3. The number of aliphatic hydroxyl groups excluding tert-OH is 1. The van der Waals surface area contributed by atoms with E-state index in [1.54, 1.807) is 23.7 Å². The zero-order valence-electron chi connectivity index (χ0n) is 19.2. The van der Waals surface area contributed by atoms with Gasteiger partial charge in [-0.2, -0.15) is 0 Å². The summed E-state index contributed by atoms with van der Waals surface area (Å²) in [7, 11) is 1.61. The summed E-state index contributed by atoms with van der Waals surface area (Å²) in [6.45, 7) is 6.50. The number of anilines is 1. The first-order valence-electron chi connectivity index (χ1n) is 11.4. The number of benzene rings is 1. The van der Waals surface area contributed by atoms with Crippen LogP contribution in [0.15, 0.2) is 18.2 Å². The van der Waals surface area contributed by atoms with Gasteiger partial charge in [-0.05, 0) is 56.2 Å². The number of nitrogens with one attached hydrogen (secondary N) is 2. The van der Waals surface area contributed by atoms with Gasteiger partial charge in [0.05, 0.1) is 16.6 Å². The average Bonchev–Trinajstić information content (AvgIpc) is 3.34. The number of unbranched alkanes of at least 4 members (excludes halogenated alkanes) is 1. The minimum atomic E-state index is -0.640. The zero-order valence-corrected chi connectivity index (χ0v) is 20.0. The number of thioether (sulfide) groups is 1. The number of aryl methyl sites for hydroxylation is 2. The number of hydrogen-bond acceptors (Lipinski definition) is 5. The number of likely N-dealkylation sites (tertiary alicyclic amines) is 1. The lowest BCUT2D eigenvalue weighted by atomic mass is 9.66. The van der Waals surface area contributed by atoms with Crippen LogP contribution >= 0.6 is 11.8 Å². The SMILES string of the molecule is CNC(=O)[C@@H]1[C@@H]2CC(C)C3(S2)C(C(=O)Nc2cc(C)ccc2C)N(CCCCO)C(=O)[C@H]13. The van der Waals surface area contributed by atoms with Crippen molar-refractivity contribution in [1.29, 1.82) is 0 Å². The Morgan fingerprint density at radius 3 is 2.69 bits per heavy atom. The van der Waals surface area contributed by atoms with Crippen molar-refractivity contribution in [2.24, 2.45) is 17.8 Å². The summed E-state index contributed by atoms with van der Waals surface area (Å²) in [5.74, 6) is -1.15. The van der Waals surface area contributed by atoms with Crippen LogP contribution in [0.25, 0.3) is 0 Å². The van der Waals surface area contributed by atoms with Gasteiger partial charge in [0.25, 0.3) is 0 Å². The van der Waals surface area contributed by atoms with Gasteiger partial charge in [-0.15, -0.1) is 11.8 Å². The van der Waals surface area contributed by atoms with Crippen LogP contribution in [0.1, 0.15) is 37.3 Å². The van der Waals surface area contributed by atoms with Crippen molar-refractivity contribution < 1.29 is 19.5 Å². The fraction of sp³-hybridized carbons (Fsp3) is 0.625. The lowest BCUT2D eigenvalue weighted by Gasteiger charge is -2.38. The van der Waals surface area contributed by atoms with Gasteiger partial charge < -0.3 is 20.6 Å². The Morgan fingerprint density at radius 1 is 1.25 bits per heavy atom. The molecule has 3 saturated heterocycles. The first-order chi connectivity index (χ1) is 15.3. The van der Waals surface area contributed by atoms with Crippen molar-refractivity contribution in [3.05, 3.63) is 29.3 Å². The van der Waals surface area contributed by atoms with Crippen LogP contribution in [0, 0.1) is 31.6 Å². The fourth-order valence-corrected chi connectivity index (χ4v) is 8.41. The van der Waals surface area contributed by atoms with E-state index >= 15 is 0 Å². The number of nitrogens with zero attached hydrogens (tertiary/aromatic N) is 1. The molecule has 3 aliphatic heterocycles. The highest BCUT2D eigenvalue weighted by molar-refractivity contribution is 8.02. The fourth-order valence-electron chi connectivity index (χ4n) is 5.99. The topological polar surface area (TPSA) is 98.7 Å². The predicted molar refractivity (Wildman–Crippen MR) is 125 cm³/mol. The van der Waals surface area contributed by atoms with Gasteiger partial charge in [0.2, 0.25) is 17.7 Å². The van der Waals surface area contributed by atoms with E-state index in [2.05, 4.69) is 17.6 Å². The van der Waals surface area contributed by atoms with Gasteiger partial charge in [0.1, 0.15) is 6.04 Å². The second-order valence-corrected chi connectivity index (χ2v) is 11.0. The van der Waals surface area contributed by atoms with Crippen LogP contribution in [0.4, 0.5) is 5.69 Å². The maximum Gasteiger partial charge on any atom is 0.248 e. The molecular formula is C24H33N3O4S. The number of amides is 3. The second kappa shape index (κ2) is 8.71. The maximum absolute atomic E-state index is 13.8. The monoisotopic (exact) mass is 459 g/mol. The summed E-state index contributed by atoms with van der Waals surface area (Å²) in [6.07, 6.45) is 2.01. The largest absolute Gasteiger partial charge is 0.396 e. The molecular weight excluding hydrogens is 426 g/mol. The van der Waals surface area contributed by atoms with Gasteiger partial charge >= 0.3 is 0 Å². The van der Waals surface area contributed by atoms with Gasteiger partial charge in [-0.1, -0.05) is 19.1 Å². The molecule has 3 amide bonds. The van der Waals surface area contributed by atoms with Gasteiger partial charge in [-0.3, -0.25) is 14.4 Å². The Balaban J connectivity index is 1.73. The van der Waals surface area contributed by atoms with Crippen molar-refractivity contribution >= 4 is 35.2 Å². The minimum absolute atomic E-state index is 0.0457. The molecule has 1 aromatic rings. The average molecular weight is 460 g/mol. The maximum atomic E-state index is 13.8. The Bertz CT molecular complexity index is 938. The molecule has 3 heterocycles. The molecule has 3 fully saturated rings. The van der Waals surface area contributed by atoms with Crippen LogP contribution in [0.2, 0.25) is 0 Å². The molecule has 2 bridgehead atoms. The molecule has 8 heteroatoms. The smallest absolute Gasteiger partial charge is 0.248 e. The van der Waals surface area contributed by atoms with Crippen LogP contribution in [-0.4, -0.2) is 64.0 Å². The number of rotatable bonds is 7. The van der Waals surface area contributed by atoms with Crippen molar-refractivity contribution in [1.82, 2.24) is 10.2 Å². The second-order valence-electron chi connectivity index (χ2n) is 9.44. The number of carbonyl (C=O) groups is 3. The highest BCUT2D eigenvalue weighted by atomic mass is 32.2. The predicted octanol–water partition coefficient (Wildman–Crippen LogP) is 2.10. The van der Waals surface area contributed by atoms with E-state index in [4.69, 9.17) is 0 Å². The summed E-state index contributed by atoms with van der Waals surface area (Å²) >= 11 is 1.68. The van der Waals surface area contributed by atoms with Crippen molar-refractivity contribution in [3.63, 3.8) is 0 Å². The zero-order chi connectivity index (χ0) is 23.2. The van der Waals surface area contributed by atoms with Gasteiger partial charge in [0, 0.05) is 31.1 Å². The molecule has 1 spiro atoms. The normalized spacial score (nSPS) is 32.8. The van der Waals surface area contributed by atoms with Gasteiger partial charge in [-0.25, -0.2) is 0 Å². The number of fused-ring (bicyclic) bond motifs is 1. The van der Waals surface area contributed by atoms with E-state index in [-0.39, 0.29) is 35.5 Å². The molecule has 3 N–H and O–H groups in total. The standard InChI is InChI=1S/C24H33N3O4S/c1-13-7-8-14(2)16(11-13)26-22(30)20-24-15(3)12-17(32-24)18(21(29)25-4)19(24)23(31)27(20)9-5-6-10-28/h7-8,11,15,17-20,28H,5-6,9-10,12H2,1-4H3,(H,25,29)(H,26,30)/t15?,17-,18+,19-,20?,24?/m0/s1. The molecule has 3 unspecified atom stereocenters. The van der Waals surface area contributed by atoms with Gasteiger partial charge in [0.15, 0.2) is 0 Å². The summed E-state index contributed by atoms with van der Waals surface area (Å²) in [4.78, 5) is 42.0. The molecule has 3 aliphatic rings. The molecule has 0 aliphatic carbocycles. The molecule has 1 aromatic carbocycles. The summed E-state index contributed by atoms with van der Waals surface area (Å²) < 4.78 is -0.611. The van der Waals surface area contributed by atoms with Crippen molar-refractivity contribution in [2.75, 3.05) is 25.5 Å². The number of aliphatic hydroxyl groups is 1. The van der Waals surface area contributed by atoms with E-state index < -0.39 is 22.6 Å². The van der Waals surface area contributed by atoms with Crippen LogP contribution < -0.4 is 10.6 Å². The molecule has 32 heavy (non-hydrogen) atoms. The molecule has 174 valence electrons. The molecule has 6 atom stereocenters. The van der Waals surface area contributed by atoms with Crippen molar-refractivity contribution in [2.45, 2.75) is 56.1 Å². The lowest BCUT2D eigenvalue weighted by molar-refractivity contribution is -0.139. The number of hydrogen-bond donors (Lipinski definition) is 3. The van der Waals surface area contributed by atoms with E-state index in [1.807, 2.05) is 32.0 Å². The third-order valence-corrected chi connectivity index (χ3v) is 9.58. The summed E-state index contributed by atoms with van der Waals surface area (Å²) in [5, 5.41) is 15.1. The third-order valence-electron chi connectivity index (χ3n) is 7.50. The molecule has 0 radical (unpaired) electrons. The van der Waals surface area contributed by atoms with Crippen molar-refractivity contribution in [3.8, 4) is 0 Å². The van der Waals surface area contributed by atoms with E-state index in [1.165, 1.54) is 0 Å². The highest BCUT2D eigenvalue weighted by Crippen LogP contribution is 2.68. The Kier molecular flexibility index (Phi) is 6.29. The Hall–Kier alpha value is -2.06.